The zero-order valence-electron chi connectivity index (χ0n) is 49.7. The first-order chi connectivity index (χ1) is 43.6. The molecule has 0 unspecified atom stereocenters. The molecule has 11 N–H and O–H groups in total. The van der Waals surface area contributed by atoms with Crippen molar-refractivity contribution >= 4 is 69.1 Å². The second-order valence-corrected chi connectivity index (χ2v) is 20.5. The highest BCUT2D eigenvalue weighted by Crippen LogP contribution is 2.30. The SMILES string of the molecule is Cc1ccc(Nc2cc(C#N)ccc2C(=O)N2CC(O)C2)c(F)c1.Cc1ccc(Nc2cc(C#N)ccc2C(=O)NCCCO)c(F)c1.Cc1ccc(Nc2cc(C#N)ccc2C(=O)NCCO)c(F)c1.Cc1ccc(Nc2cc(C#N)ccc2C(N)=O)c(F)c1. The van der Waals surface area contributed by atoms with Gasteiger partial charge in [0.2, 0.25) is 0 Å². The van der Waals surface area contributed by atoms with Crippen LogP contribution in [0, 0.1) is 96.3 Å². The van der Waals surface area contributed by atoms with Crippen molar-refractivity contribution < 1.29 is 52.1 Å². The van der Waals surface area contributed by atoms with Crippen LogP contribution in [0.4, 0.5) is 63.1 Å². The molecule has 91 heavy (non-hydrogen) atoms. The van der Waals surface area contributed by atoms with Crippen LogP contribution < -0.4 is 37.6 Å². The summed E-state index contributed by atoms with van der Waals surface area (Å²) in [6, 6.07) is 44.8. The highest BCUT2D eigenvalue weighted by Gasteiger charge is 2.31. The Balaban J connectivity index is 0.000000193. The topological polar surface area (TPSA) is 326 Å². The van der Waals surface area contributed by atoms with Gasteiger partial charge in [-0.3, -0.25) is 19.2 Å². The fourth-order valence-electron chi connectivity index (χ4n) is 8.56. The average molecular weight is 1240 g/mol. The largest absolute Gasteiger partial charge is 0.396 e. The standard InChI is InChI=1S/C18H16FN3O2.C18H18FN3O2.C17H16FN3O2.C15H12FN3O/c1-11-2-5-16(15(19)6-11)21-17-7-12(8-20)3-4-14(17)18(24)22-9-13(23)10-22;1-12-3-6-16(15(19)9-12)22-17-10-13(11-20)4-5-14(17)18(24)21-7-2-8-23;1-11-2-5-15(14(18)8-11)21-16-9-12(10-19)3-4-13(16)17(23)20-6-7-22;1-9-2-5-13(12(16)6-9)19-14-7-10(8-17)3-4-11(14)15(18)20/h2-7,13,21,23H,9-10H2,1H3;3-6,9-10,22-23H,2,7-8H2,1H3,(H,21,24);2-5,8-9,21-22H,6-7H2,1H3,(H,20,23);2-7,19H,1H3,(H2,18,20). The number of aliphatic hydroxyl groups is 3. The Morgan fingerprint density at radius 1 is 0.451 bits per heavy atom. The van der Waals surface area contributed by atoms with Gasteiger partial charge in [0.25, 0.3) is 23.6 Å². The summed E-state index contributed by atoms with van der Waals surface area (Å²) in [5.74, 6) is -3.46. The lowest BCUT2D eigenvalue weighted by molar-refractivity contribution is 0.00596. The number of benzene rings is 8. The summed E-state index contributed by atoms with van der Waals surface area (Å²) in [4.78, 5) is 49.8. The quantitative estimate of drug-likeness (QED) is 0.0299. The molecule has 0 atom stereocenters. The Morgan fingerprint density at radius 2 is 0.758 bits per heavy atom. The van der Waals surface area contributed by atoms with Crippen molar-refractivity contribution in [2.24, 2.45) is 5.73 Å². The van der Waals surface area contributed by atoms with Gasteiger partial charge in [0.1, 0.15) is 23.3 Å². The smallest absolute Gasteiger partial charge is 0.256 e. The molecule has 1 heterocycles. The lowest BCUT2D eigenvalue weighted by atomic mass is 10.0. The number of aryl methyl sites for hydroxylation is 4. The van der Waals surface area contributed by atoms with E-state index in [0.717, 1.165) is 22.3 Å². The van der Waals surface area contributed by atoms with E-state index in [2.05, 4.69) is 31.9 Å². The molecule has 1 aliphatic rings. The number of amides is 4. The molecule has 9 rings (SSSR count). The van der Waals surface area contributed by atoms with E-state index in [1.54, 1.807) is 88.4 Å². The third-order valence-corrected chi connectivity index (χ3v) is 13.3. The lowest BCUT2D eigenvalue weighted by Crippen LogP contribution is -2.53. The van der Waals surface area contributed by atoms with Crippen molar-refractivity contribution in [3.8, 4) is 24.3 Å². The van der Waals surface area contributed by atoms with Gasteiger partial charge in [0.05, 0.1) is 127 Å². The van der Waals surface area contributed by atoms with Gasteiger partial charge in [0, 0.05) is 32.8 Å². The molecule has 1 fully saturated rings. The zero-order valence-corrected chi connectivity index (χ0v) is 49.7. The normalized spacial score (nSPS) is 11.0. The Hall–Kier alpha value is -11.6. The van der Waals surface area contributed by atoms with Crippen molar-refractivity contribution in [3.05, 3.63) is 236 Å². The molecule has 4 amide bonds. The van der Waals surface area contributed by atoms with Crippen LogP contribution in [0.15, 0.2) is 146 Å². The molecule has 0 aliphatic carbocycles. The minimum Gasteiger partial charge on any atom is -0.396 e. The fourth-order valence-corrected chi connectivity index (χ4v) is 8.56. The molecule has 19 nitrogen and oxygen atoms in total. The summed E-state index contributed by atoms with van der Waals surface area (Å²) in [5.41, 5.74) is 13.1. The van der Waals surface area contributed by atoms with Gasteiger partial charge in [-0.2, -0.15) is 21.0 Å². The lowest BCUT2D eigenvalue weighted by Gasteiger charge is -2.36. The van der Waals surface area contributed by atoms with Gasteiger partial charge >= 0.3 is 0 Å². The molecule has 8 aromatic carbocycles. The van der Waals surface area contributed by atoms with Gasteiger partial charge < -0.3 is 57.9 Å². The van der Waals surface area contributed by atoms with Crippen LogP contribution in [-0.2, 0) is 0 Å². The number of aliphatic hydroxyl groups excluding tert-OH is 3. The molecule has 1 aliphatic heterocycles. The van der Waals surface area contributed by atoms with Gasteiger partial charge in [-0.05, 0) is 178 Å². The maximum atomic E-state index is 14.1. The van der Waals surface area contributed by atoms with E-state index in [4.69, 9.17) is 37.0 Å². The number of likely N-dealkylation sites (tertiary alicyclic amines) is 1. The number of nitrogens with two attached hydrogens (primary N) is 1. The maximum Gasteiger partial charge on any atom is 0.256 e. The Bertz CT molecular complexity index is 4170. The maximum absolute atomic E-state index is 14.1. The van der Waals surface area contributed by atoms with E-state index in [9.17, 15) is 41.8 Å². The van der Waals surface area contributed by atoms with Crippen LogP contribution in [-0.4, -0.2) is 89.3 Å². The monoisotopic (exact) mass is 1230 g/mol. The van der Waals surface area contributed by atoms with Crippen LogP contribution in [0.3, 0.4) is 0 Å². The summed E-state index contributed by atoms with van der Waals surface area (Å²) in [6.07, 6.45) is -0.0598. The highest BCUT2D eigenvalue weighted by atomic mass is 19.1. The number of nitrogens with one attached hydrogen (secondary N) is 6. The van der Waals surface area contributed by atoms with Crippen LogP contribution >= 0.6 is 0 Å². The number of hydrogen-bond donors (Lipinski definition) is 10. The van der Waals surface area contributed by atoms with Crippen LogP contribution in [0.1, 0.15) is 92.4 Å². The predicted octanol–water partition coefficient (Wildman–Crippen LogP) is 10.7. The summed E-state index contributed by atoms with van der Waals surface area (Å²) in [6.45, 7) is 7.90. The fraction of sp³-hybridized carbons (Fsp3) is 0.176. The zero-order chi connectivity index (χ0) is 66.3. The molecular formula is C68H62F4N12O7. The van der Waals surface area contributed by atoms with Gasteiger partial charge in [-0.1, -0.05) is 24.3 Å². The Labute approximate surface area is 522 Å². The first-order valence-electron chi connectivity index (χ1n) is 27.9. The highest BCUT2D eigenvalue weighted by molar-refractivity contribution is 6.03. The second-order valence-electron chi connectivity index (χ2n) is 20.5. The minimum atomic E-state index is -0.649. The summed E-state index contributed by atoms with van der Waals surface area (Å²) >= 11 is 0. The molecular weight excluding hydrogens is 1170 g/mol. The molecule has 1 saturated heterocycles. The number of carbonyl (C=O) groups excluding carboxylic acids is 4. The van der Waals surface area contributed by atoms with Crippen molar-refractivity contribution in [1.29, 1.82) is 21.0 Å². The number of hydrogen-bond acceptors (Lipinski definition) is 15. The van der Waals surface area contributed by atoms with E-state index in [0.29, 0.717) is 69.1 Å². The first-order valence-corrected chi connectivity index (χ1v) is 27.9. The third kappa shape index (κ3) is 19.4. The number of β-amino-alcohol motifs (C(OH)–C–C–N with tert-alkyl or cyclic N) is 1. The number of carbonyl (C=O) groups is 4. The van der Waals surface area contributed by atoms with E-state index in [-0.39, 0.29) is 78.5 Å². The van der Waals surface area contributed by atoms with Gasteiger partial charge in [-0.25, -0.2) is 17.6 Å². The molecule has 0 radical (unpaired) electrons. The van der Waals surface area contributed by atoms with Gasteiger partial charge in [0.15, 0.2) is 0 Å². The molecule has 464 valence electrons. The van der Waals surface area contributed by atoms with E-state index in [1.807, 2.05) is 24.3 Å². The number of rotatable bonds is 17. The summed E-state index contributed by atoms with van der Waals surface area (Å²) in [5, 5.41) is 79.6. The Morgan fingerprint density at radius 3 is 1.05 bits per heavy atom. The first kappa shape index (κ1) is 68.5. The third-order valence-electron chi connectivity index (χ3n) is 13.3. The molecule has 23 heteroatoms. The molecule has 0 aromatic heterocycles. The van der Waals surface area contributed by atoms with Crippen molar-refractivity contribution in [3.63, 3.8) is 0 Å². The summed E-state index contributed by atoms with van der Waals surface area (Å²) < 4.78 is 55.9. The van der Waals surface area contributed by atoms with Crippen LogP contribution in [0.5, 0.6) is 0 Å². The number of primary amides is 1. The molecule has 0 saturated carbocycles. The van der Waals surface area contributed by atoms with Gasteiger partial charge in [-0.15, -0.1) is 0 Å². The molecule has 0 bridgehead atoms. The minimum absolute atomic E-state index is 0.0205. The molecule has 8 aromatic rings. The van der Waals surface area contributed by atoms with Crippen LogP contribution in [0.2, 0.25) is 0 Å². The van der Waals surface area contributed by atoms with E-state index in [1.165, 1.54) is 89.8 Å². The number of halogens is 4. The number of nitriles is 4. The average Bonchev–Trinajstić information content (AvgIpc) is 3.46. The van der Waals surface area contributed by atoms with E-state index >= 15 is 0 Å². The van der Waals surface area contributed by atoms with Crippen molar-refractivity contribution in [2.75, 3.05) is 60.7 Å². The van der Waals surface area contributed by atoms with Crippen molar-refractivity contribution in [2.45, 2.75) is 40.2 Å². The van der Waals surface area contributed by atoms with Crippen LogP contribution in [0.25, 0.3) is 0 Å². The number of nitrogens with zero attached hydrogens (tertiary/aromatic N) is 5. The second kappa shape index (κ2) is 32.9. The number of anilines is 8. The van der Waals surface area contributed by atoms with E-state index < -0.39 is 41.2 Å². The summed E-state index contributed by atoms with van der Waals surface area (Å²) in [7, 11) is 0. The van der Waals surface area contributed by atoms with Crippen molar-refractivity contribution in [1.82, 2.24) is 15.5 Å². The Kier molecular flexibility index (Phi) is 24.8. The predicted molar refractivity (Wildman–Crippen MR) is 336 cm³/mol. The molecule has 0 spiro atoms.